The Morgan fingerprint density at radius 1 is 1.40 bits per heavy atom. The molecule has 0 spiro atoms. The molecule has 10 heavy (non-hydrogen) atoms. The van der Waals surface area contributed by atoms with E-state index in [1.165, 1.54) is 17.6 Å². The molecule has 0 heterocycles. The van der Waals surface area contributed by atoms with Crippen molar-refractivity contribution in [3.63, 3.8) is 0 Å². The fourth-order valence-corrected chi connectivity index (χ4v) is 1.32. The maximum Gasteiger partial charge on any atom is 0.0508 e. The van der Waals surface area contributed by atoms with Crippen LogP contribution in [0.3, 0.4) is 0 Å². The normalized spacial score (nSPS) is 9.80. The predicted octanol–water partition coefficient (Wildman–Crippen LogP) is 2.65. The molecule has 0 radical (unpaired) electrons. The van der Waals surface area contributed by atoms with Crippen LogP contribution in [-0.4, -0.2) is 7.11 Å². The Morgan fingerprint density at radius 2 is 2.20 bits per heavy atom. The van der Waals surface area contributed by atoms with Crippen LogP contribution in [0.15, 0.2) is 29.2 Å². The van der Waals surface area contributed by atoms with Crippen LogP contribution in [0.25, 0.3) is 0 Å². The monoisotopic (exact) mass is 154 g/mol. The zero-order chi connectivity index (χ0) is 7.40. The minimum absolute atomic E-state index is 1.16. The first-order chi connectivity index (χ1) is 4.83. The minimum Gasteiger partial charge on any atom is -0.314 e. The van der Waals surface area contributed by atoms with Gasteiger partial charge in [-0.2, -0.15) is 0 Å². The van der Waals surface area contributed by atoms with Crippen molar-refractivity contribution in [3.8, 4) is 0 Å². The number of hydrogen-bond donors (Lipinski definition) is 0. The van der Waals surface area contributed by atoms with Crippen molar-refractivity contribution in [2.75, 3.05) is 7.11 Å². The van der Waals surface area contributed by atoms with Crippen LogP contribution in [-0.2, 0) is 4.18 Å². The van der Waals surface area contributed by atoms with Crippen LogP contribution < -0.4 is 0 Å². The Hall–Kier alpha value is -0.470. The Balaban J connectivity index is 2.75. The molecule has 0 aromatic heterocycles. The van der Waals surface area contributed by atoms with E-state index >= 15 is 0 Å². The number of hydrogen-bond acceptors (Lipinski definition) is 2. The minimum atomic E-state index is 1.16. The summed E-state index contributed by atoms with van der Waals surface area (Å²) < 4.78 is 4.90. The lowest BCUT2D eigenvalue weighted by atomic mass is 10.2. The van der Waals surface area contributed by atoms with Gasteiger partial charge in [-0.05, 0) is 24.6 Å². The van der Waals surface area contributed by atoms with E-state index in [2.05, 4.69) is 19.1 Å². The van der Waals surface area contributed by atoms with Gasteiger partial charge in [0.2, 0.25) is 0 Å². The van der Waals surface area contributed by atoms with E-state index in [9.17, 15) is 0 Å². The molecule has 0 unspecified atom stereocenters. The average Bonchev–Trinajstić information content (AvgIpc) is 1.88. The molecule has 54 valence electrons. The van der Waals surface area contributed by atoms with Crippen LogP contribution >= 0.6 is 12.0 Å². The van der Waals surface area contributed by atoms with Crippen LogP contribution in [0.1, 0.15) is 5.56 Å². The van der Waals surface area contributed by atoms with Gasteiger partial charge >= 0.3 is 0 Å². The molecule has 2 heteroatoms. The van der Waals surface area contributed by atoms with E-state index < -0.39 is 0 Å². The molecule has 0 aliphatic carbocycles. The second-order valence-corrected chi connectivity index (χ2v) is 3.04. The standard InChI is InChI=1S/C8H10OS/c1-7-4-3-5-8(6-7)10-9-2/h3-6H,1-2H3. The van der Waals surface area contributed by atoms with Crippen molar-refractivity contribution in [1.29, 1.82) is 0 Å². The van der Waals surface area contributed by atoms with E-state index in [4.69, 9.17) is 4.18 Å². The van der Waals surface area contributed by atoms with Crippen LogP contribution in [0.5, 0.6) is 0 Å². The largest absolute Gasteiger partial charge is 0.314 e. The van der Waals surface area contributed by atoms with Crippen molar-refractivity contribution >= 4 is 12.0 Å². The summed E-state index contributed by atoms with van der Waals surface area (Å²) in [7, 11) is 1.67. The summed E-state index contributed by atoms with van der Waals surface area (Å²) >= 11 is 1.39. The fraction of sp³-hybridized carbons (Fsp3) is 0.250. The van der Waals surface area contributed by atoms with Gasteiger partial charge in [-0.1, -0.05) is 12.1 Å². The maximum absolute atomic E-state index is 4.90. The van der Waals surface area contributed by atoms with Gasteiger partial charge in [0.15, 0.2) is 0 Å². The highest BCUT2D eigenvalue weighted by Gasteiger charge is 1.90. The highest BCUT2D eigenvalue weighted by Crippen LogP contribution is 2.18. The molecule has 1 aromatic rings. The zero-order valence-corrected chi connectivity index (χ0v) is 6.94. The van der Waals surface area contributed by atoms with E-state index in [1.807, 2.05) is 12.1 Å². The maximum atomic E-state index is 4.90. The van der Waals surface area contributed by atoms with Crippen LogP contribution in [0, 0.1) is 6.92 Å². The van der Waals surface area contributed by atoms with Gasteiger partial charge in [-0.3, -0.25) is 0 Å². The molecule has 1 rings (SSSR count). The first-order valence-corrected chi connectivity index (χ1v) is 3.84. The molecule has 0 saturated carbocycles. The van der Waals surface area contributed by atoms with E-state index in [0.29, 0.717) is 0 Å². The molecular weight excluding hydrogens is 144 g/mol. The summed E-state index contributed by atoms with van der Waals surface area (Å²) in [5, 5.41) is 0. The fourth-order valence-electron chi connectivity index (χ4n) is 0.763. The summed E-state index contributed by atoms with van der Waals surface area (Å²) in [6.07, 6.45) is 0. The Bertz CT molecular complexity index is 210. The van der Waals surface area contributed by atoms with Gasteiger partial charge in [0.05, 0.1) is 7.11 Å². The molecule has 0 aliphatic rings. The Kier molecular flexibility index (Phi) is 2.78. The molecule has 0 amide bonds. The molecular formula is C8H10OS. The second-order valence-electron chi connectivity index (χ2n) is 2.07. The van der Waals surface area contributed by atoms with Gasteiger partial charge < -0.3 is 4.18 Å². The quantitative estimate of drug-likeness (QED) is 0.606. The summed E-state index contributed by atoms with van der Waals surface area (Å²) in [5.74, 6) is 0. The first-order valence-electron chi connectivity index (χ1n) is 3.10. The van der Waals surface area contributed by atoms with Crippen molar-refractivity contribution in [2.24, 2.45) is 0 Å². The molecule has 0 saturated heterocycles. The molecule has 1 aromatic carbocycles. The van der Waals surface area contributed by atoms with Crippen molar-refractivity contribution < 1.29 is 4.18 Å². The highest BCUT2D eigenvalue weighted by atomic mass is 32.2. The van der Waals surface area contributed by atoms with Crippen LogP contribution in [0.4, 0.5) is 0 Å². The van der Waals surface area contributed by atoms with E-state index in [1.54, 1.807) is 7.11 Å². The summed E-state index contributed by atoms with van der Waals surface area (Å²) in [4.78, 5) is 1.16. The second kappa shape index (κ2) is 3.64. The lowest BCUT2D eigenvalue weighted by Gasteiger charge is -1.97. The van der Waals surface area contributed by atoms with Crippen molar-refractivity contribution in [3.05, 3.63) is 29.8 Å². The van der Waals surface area contributed by atoms with Crippen LogP contribution in [0.2, 0.25) is 0 Å². The van der Waals surface area contributed by atoms with Crippen molar-refractivity contribution in [1.82, 2.24) is 0 Å². The molecule has 0 fully saturated rings. The summed E-state index contributed by atoms with van der Waals surface area (Å²) in [6.45, 7) is 2.07. The third-order valence-electron chi connectivity index (χ3n) is 1.17. The van der Waals surface area contributed by atoms with Crippen molar-refractivity contribution in [2.45, 2.75) is 11.8 Å². The van der Waals surface area contributed by atoms with E-state index in [0.717, 1.165) is 4.90 Å². The summed E-state index contributed by atoms with van der Waals surface area (Å²) in [6, 6.07) is 8.21. The molecule has 0 atom stereocenters. The van der Waals surface area contributed by atoms with Gasteiger partial charge in [0.25, 0.3) is 0 Å². The van der Waals surface area contributed by atoms with Gasteiger partial charge in [0.1, 0.15) is 0 Å². The lowest BCUT2D eigenvalue weighted by molar-refractivity contribution is 0.490. The first kappa shape index (κ1) is 7.63. The molecule has 0 aliphatic heterocycles. The Labute approximate surface area is 65.6 Å². The molecule has 1 nitrogen and oxygen atoms in total. The smallest absolute Gasteiger partial charge is 0.0508 e. The predicted molar refractivity (Wildman–Crippen MR) is 44.0 cm³/mol. The van der Waals surface area contributed by atoms with Gasteiger partial charge in [0, 0.05) is 16.9 Å². The van der Waals surface area contributed by atoms with E-state index in [-0.39, 0.29) is 0 Å². The third kappa shape index (κ3) is 2.05. The zero-order valence-electron chi connectivity index (χ0n) is 6.13. The number of rotatable bonds is 2. The summed E-state index contributed by atoms with van der Waals surface area (Å²) in [5.41, 5.74) is 1.27. The number of benzene rings is 1. The molecule has 0 N–H and O–H groups in total. The topological polar surface area (TPSA) is 9.23 Å². The lowest BCUT2D eigenvalue weighted by Crippen LogP contribution is -1.74. The third-order valence-corrected chi connectivity index (χ3v) is 1.78. The molecule has 0 bridgehead atoms. The van der Waals surface area contributed by atoms with Gasteiger partial charge in [-0.25, -0.2) is 0 Å². The van der Waals surface area contributed by atoms with Gasteiger partial charge in [-0.15, -0.1) is 0 Å². The highest BCUT2D eigenvalue weighted by molar-refractivity contribution is 7.94. The number of aryl methyl sites for hydroxylation is 1. The average molecular weight is 154 g/mol. The SMILES string of the molecule is COSc1cccc(C)c1. The Morgan fingerprint density at radius 3 is 2.80 bits per heavy atom.